The molecule has 5 heteroatoms. The summed E-state index contributed by atoms with van der Waals surface area (Å²) in [7, 11) is 0. The lowest BCUT2D eigenvalue weighted by Crippen LogP contribution is -1.97. The van der Waals surface area contributed by atoms with Crippen LogP contribution in [0, 0.1) is 10.1 Å². The molecule has 0 aliphatic rings. The number of hydrogen-bond acceptors (Lipinski definition) is 4. The minimum atomic E-state index is -0.417. The van der Waals surface area contributed by atoms with Crippen molar-refractivity contribution in [1.29, 1.82) is 0 Å². The maximum Gasteiger partial charge on any atom is 0.312 e. The highest BCUT2D eigenvalue weighted by atomic mass is 32.2. The Hall–Kier alpha value is -2.01. The van der Waals surface area contributed by atoms with Gasteiger partial charge in [-0.05, 0) is 5.56 Å². The van der Waals surface area contributed by atoms with E-state index in [9.17, 15) is 10.1 Å². The summed E-state index contributed by atoms with van der Waals surface area (Å²) >= 11 is 1.11. The molecule has 0 unspecified atom stereocenters. The molecule has 0 spiro atoms. The van der Waals surface area contributed by atoms with E-state index in [-0.39, 0.29) is 5.69 Å². The molecule has 0 fully saturated rings. The minimum absolute atomic E-state index is 0.00258. The fraction of sp³-hybridized carbons (Fsp3) is 0.143. The number of benzene rings is 2. The minimum Gasteiger partial charge on any atom is -0.419 e. The smallest absolute Gasteiger partial charge is 0.312 e. The van der Waals surface area contributed by atoms with E-state index in [2.05, 4.69) is 0 Å². The van der Waals surface area contributed by atoms with Crippen molar-refractivity contribution in [2.24, 2.45) is 0 Å². The number of nitrogens with zero attached hydrogens (tertiary/aromatic N) is 1. The third-order valence-corrected chi connectivity index (χ3v) is 3.01. The molecule has 2 rings (SSSR count). The standard InChI is InChI=1S/C14H13NO3S/c1-19-18-14-12(8-5-9-13(14)15(16)17)10-11-6-3-2-4-7-11/h2-9H,10H2,1H3. The van der Waals surface area contributed by atoms with Crippen molar-refractivity contribution in [2.75, 3.05) is 6.26 Å². The Bertz CT molecular complexity index is 572. The highest BCUT2D eigenvalue weighted by Crippen LogP contribution is 2.34. The highest BCUT2D eigenvalue weighted by molar-refractivity contribution is 7.94. The van der Waals surface area contributed by atoms with Gasteiger partial charge in [-0.25, -0.2) is 0 Å². The maximum atomic E-state index is 11.0. The Kier molecular flexibility index (Phi) is 4.41. The fourth-order valence-corrected chi connectivity index (χ4v) is 2.21. The Morgan fingerprint density at radius 2 is 1.89 bits per heavy atom. The summed E-state index contributed by atoms with van der Waals surface area (Å²) in [6.45, 7) is 0. The number of para-hydroxylation sites is 1. The summed E-state index contributed by atoms with van der Waals surface area (Å²) in [5, 5.41) is 11.0. The molecule has 0 atom stereocenters. The molecule has 0 bridgehead atoms. The van der Waals surface area contributed by atoms with Crippen LogP contribution < -0.4 is 4.18 Å². The van der Waals surface area contributed by atoms with Crippen LogP contribution in [0.3, 0.4) is 0 Å². The fourth-order valence-electron chi connectivity index (χ4n) is 1.85. The van der Waals surface area contributed by atoms with Gasteiger partial charge in [0, 0.05) is 24.3 Å². The van der Waals surface area contributed by atoms with Crippen LogP contribution in [0.1, 0.15) is 11.1 Å². The molecule has 0 aromatic heterocycles. The highest BCUT2D eigenvalue weighted by Gasteiger charge is 2.19. The lowest BCUT2D eigenvalue weighted by molar-refractivity contribution is -0.385. The molecule has 98 valence electrons. The second-order valence-electron chi connectivity index (χ2n) is 3.93. The number of rotatable bonds is 5. The lowest BCUT2D eigenvalue weighted by Gasteiger charge is -2.09. The van der Waals surface area contributed by atoms with Crippen molar-refractivity contribution < 1.29 is 9.11 Å². The predicted molar refractivity (Wildman–Crippen MR) is 76.5 cm³/mol. The second-order valence-corrected chi connectivity index (χ2v) is 4.43. The van der Waals surface area contributed by atoms with Gasteiger partial charge in [-0.1, -0.05) is 42.5 Å². The third-order valence-electron chi connectivity index (χ3n) is 2.68. The topological polar surface area (TPSA) is 52.4 Å². The Morgan fingerprint density at radius 1 is 1.16 bits per heavy atom. The largest absolute Gasteiger partial charge is 0.419 e. The van der Waals surface area contributed by atoms with E-state index in [0.717, 1.165) is 23.2 Å². The molecule has 0 saturated carbocycles. The molecule has 19 heavy (non-hydrogen) atoms. The molecule has 4 nitrogen and oxygen atoms in total. The number of nitro groups is 1. The predicted octanol–water partition coefficient (Wildman–Crippen LogP) is 3.84. The van der Waals surface area contributed by atoms with Gasteiger partial charge in [0.1, 0.15) is 0 Å². The molecule has 2 aromatic rings. The Balaban J connectivity index is 2.39. The lowest BCUT2D eigenvalue weighted by atomic mass is 10.0. The van der Waals surface area contributed by atoms with E-state index in [1.54, 1.807) is 12.3 Å². The van der Waals surface area contributed by atoms with Gasteiger partial charge in [-0.2, -0.15) is 0 Å². The van der Waals surface area contributed by atoms with Crippen LogP contribution in [0.25, 0.3) is 0 Å². The summed E-state index contributed by atoms with van der Waals surface area (Å²) in [6, 6.07) is 14.8. The molecule has 0 saturated heterocycles. The van der Waals surface area contributed by atoms with Crippen LogP contribution in [0.5, 0.6) is 5.75 Å². The van der Waals surface area contributed by atoms with E-state index in [1.807, 2.05) is 36.4 Å². The first-order valence-corrected chi connectivity index (χ1v) is 6.88. The quantitative estimate of drug-likeness (QED) is 0.472. The molecule has 0 heterocycles. The first kappa shape index (κ1) is 13.4. The Morgan fingerprint density at radius 3 is 2.53 bits per heavy atom. The van der Waals surface area contributed by atoms with E-state index < -0.39 is 4.92 Å². The molecular weight excluding hydrogens is 262 g/mol. The number of nitro benzene ring substituents is 1. The van der Waals surface area contributed by atoms with E-state index in [0.29, 0.717) is 12.2 Å². The van der Waals surface area contributed by atoms with Crippen molar-refractivity contribution in [1.82, 2.24) is 0 Å². The third kappa shape index (κ3) is 3.26. The zero-order valence-electron chi connectivity index (χ0n) is 10.4. The van der Waals surface area contributed by atoms with Gasteiger partial charge in [-0.3, -0.25) is 10.1 Å². The van der Waals surface area contributed by atoms with Gasteiger partial charge in [0.25, 0.3) is 0 Å². The average Bonchev–Trinajstić information content (AvgIpc) is 2.42. The Labute approximate surface area is 115 Å². The zero-order chi connectivity index (χ0) is 13.7. The van der Waals surface area contributed by atoms with Gasteiger partial charge in [0.05, 0.1) is 17.0 Å². The van der Waals surface area contributed by atoms with Crippen molar-refractivity contribution in [2.45, 2.75) is 6.42 Å². The molecular formula is C14H13NO3S. The summed E-state index contributed by atoms with van der Waals surface area (Å²) in [4.78, 5) is 10.6. The summed E-state index contributed by atoms with van der Waals surface area (Å²) in [5.74, 6) is 0.337. The van der Waals surface area contributed by atoms with Gasteiger partial charge in [0.2, 0.25) is 5.75 Å². The van der Waals surface area contributed by atoms with Gasteiger partial charge in [0.15, 0.2) is 0 Å². The first-order chi connectivity index (χ1) is 9.22. The SMILES string of the molecule is CSOc1c(Cc2ccccc2)cccc1[N+](=O)[O-]. The van der Waals surface area contributed by atoms with E-state index >= 15 is 0 Å². The summed E-state index contributed by atoms with van der Waals surface area (Å²) in [6.07, 6.45) is 2.35. The molecule has 0 aliphatic carbocycles. The molecule has 0 N–H and O–H groups in total. The van der Waals surface area contributed by atoms with Crippen LogP contribution in [0.15, 0.2) is 48.5 Å². The van der Waals surface area contributed by atoms with Crippen molar-refractivity contribution >= 4 is 17.7 Å². The second kappa shape index (κ2) is 6.24. The summed E-state index contributed by atoms with van der Waals surface area (Å²) in [5.41, 5.74) is 1.91. The van der Waals surface area contributed by atoms with Crippen LogP contribution in [-0.2, 0) is 6.42 Å². The van der Waals surface area contributed by atoms with Crippen LogP contribution in [-0.4, -0.2) is 11.2 Å². The summed E-state index contributed by atoms with van der Waals surface area (Å²) < 4.78 is 5.38. The van der Waals surface area contributed by atoms with Crippen molar-refractivity contribution in [3.8, 4) is 5.75 Å². The maximum absolute atomic E-state index is 11.0. The normalized spacial score (nSPS) is 10.2. The van der Waals surface area contributed by atoms with Gasteiger partial charge >= 0.3 is 5.69 Å². The van der Waals surface area contributed by atoms with Crippen LogP contribution in [0.2, 0.25) is 0 Å². The number of hydrogen-bond donors (Lipinski definition) is 0. The van der Waals surface area contributed by atoms with Crippen molar-refractivity contribution in [3.63, 3.8) is 0 Å². The molecule has 2 aromatic carbocycles. The molecule has 0 radical (unpaired) electrons. The van der Waals surface area contributed by atoms with E-state index in [4.69, 9.17) is 4.18 Å². The zero-order valence-corrected chi connectivity index (χ0v) is 11.2. The average molecular weight is 275 g/mol. The van der Waals surface area contributed by atoms with Gasteiger partial charge < -0.3 is 4.18 Å². The monoisotopic (exact) mass is 275 g/mol. The molecule has 0 aliphatic heterocycles. The van der Waals surface area contributed by atoms with Crippen LogP contribution in [0.4, 0.5) is 5.69 Å². The van der Waals surface area contributed by atoms with Crippen molar-refractivity contribution in [3.05, 3.63) is 69.8 Å². The van der Waals surface area contributed by atoms with Gasteiger partial charge in [-0.15, -0.1) is 0 Å². The first-order valence-electron chi connectivity index (χ1n) is 5.73. The molecule has 0 amide bonds. The van der Waals surface area contributed by atoms with Crippen LogP contribution >= 0.6 is 12.0 Å². The van der Waals surface area contributed by atoms with E-state index in [1.165, 1.54) is 6.07 Å².